The average molecular weight is 221 g/mol. The molecule has 1 aromatic rings. The number of rotatable bonds is 5. The molecule has 4 nitrogen and oxygen atoms in total. The number of nitrogens with zero attached hydrogens (tertiary/aromatic N) is 1. The van der Waals surface area contributed by atoms with Gasteiger partial charge in [0.15, 0.2) is 0 Å². The Labute approximate surface area is 94.9 Å². The van der Waals surface area contributed by atoms with Gasteiger partial charge in [-0.3, -0.25) is 0 Å². The van der Waals surface area contributed by atoms with Crippen LogP contribution in [0.25, 0.3) is 0 Å². The van der Waals surface area contributed by atoms with Crippen molar-refractivity contribution in [2.24, 2.45) is 4.99 Å². The lowest BCUT2D eigenvalue weighted by Crippen LogP contribution is -2.28. The van der Waals surface area contributed by atoms with Crippen LogP contribution in [-0.2, 0) is 15.1 Å². The van der Waals surface area contributed by atoms with E-state index in [1.165, 1.54) is 6.08 Å². The lowest BCUT2D eigenvalue weighted by Gasteiger charge is -2.27. The van der Waals surface area contributed by atoms with Gasteiger partial charge in [0.2, 0.25) is 6.08 Å². The number of ether oxygens (including phenoxy) is 2. The van der Waals surface area contributed by atoms with Crippen LogP contribution < -0.4 is 4.74 Å². The van der Waals surface area contributed by atoms with Crippen LogP contribution in [0.15, 0.2) is 29.3 Å². The molecule has 0 spiro atoms. The van der Waals surface area contributed by atoms with E-state index < -0.39 is 5.60 Å². The molecule has 4 heteroatoms. The molecule has 0 saturated heterocycles. The highest BCUT2D eigenvalue weighted by molar-refractivity contribution is 5.39. The molecule has 0 aromatic heterocycles. The monoisotopic (exact) mass is 221 g/mol. The van der Waals surface area contributed by atoms with Crippen LogP contribution in [0.4, 0.5) is 0 Å². The largest absolute Gasteiger partial charge is 0.496 e. The minimum absolute atomic E-state index is 0.216. The van der Waals surface area contributed by atoms with E-state index in [0.717, 1.165) is 5.56 Å². The molecule has 0 bridgehead atoms. The fourth-order valence-electron chi connectivity index (χ4n) is 1.52. The van der Waals surface area contributed by atoms with E-state index in [9.17, 15) is 4.79 Å². The van der Waals surface area contributed by atoms with Crippen molar-refractivity contribution in [1.82, 2.24) is 0 Å². The van der Waals surface area contributed by atoms with Gasteiger partial charge in [-0.15, -0.1) is 0 Å². The molecule has 1 aromatic carbocycles. The molecule has 0 radical (unpaired) electrons. The summed E-state index contributed by atoms with van der Waals surface area (Å²) in [7, 11) is 3.17. The molecule has 0 N–H and O–H groups in total. The molecular formula is C12H15NO3. The second-order valence-corrected chi connectivity index (χ2v) is 3.54. The van der Waals surface area contributed by atoms with Gasteiger partial charge < -0.3 is 9.47 Å². The quantitative estimate of drug-likeness (QED) is 0.563. The molecule has 0 fully saturated rings. The summed E-state index contributed by atoms with van der Waals surface area (Å²) in [5, 5.41) is 0. The molecule has 0 amide bonds. The van der Waals surface area contributed by atoms with Gasteiger partial charge in [-0.05, 0) is 13.0 Å². The Morgan fingerprint density at radius 3 is 2.62 bits per heavy atom. The molecule has 0 heterocycles. The van der Waals surface area contributed by atoms with Crippen LogP contribution in [0, 0.1) is 0 Å². The lowest BCUT2D eigenvalue weighted by atomic mass is 9.95. The van der Waals surface area contributed by atoms with Gasteiger partial charge in [0, 0.05) is 12.7 Å². The van der Waals surface area contributed by atoms with E-state index in [0.29, 0.717) is 5.75 Å². The standard InChI is InChI=1S/C12H15NO3/c1-12(16-3,8-13-9-14)10-6-4-5-7-11(10)15-2/h4-7H,8H2,1-3H3. The Morgan fingerprint density at radius 2 is 2.06 bits per heavy atom. The number of benzene rings is 1. The zero-order valence-electron chi connectivity index (χ0n) is 9.69. The van der Waals surface area contributed by atoms with Gasteiger partial charge in [0.25, 0.3) is 0 Å². The van der Waals surface area contributed by atoms with Gasteiger partial charge in [-0.25, -0.2) is 9.79 Å². The normalized spacial score (nSPS) is 13.7. The van der Waals surface area contributed by atoms with E-state index in [1.54, 1.807) is 14.2 Å². The summed E-state index contributed by atoms with van der Waals surface area (Å²) in [6, 6.07) is 7.50. The Balaban J connectivity index is 3.15. The van der Waals surface area contributed by atoms with Gasteiger partial charge >= 0.3 is 0 Å². The summed E-state index contributed by atoms with van der Waals surface area (Å²) < 4.78 is 10.7. The van der Waals surface area contributed by atoms with E-state index in [4.69, 9.17) is 9.47 Å². The minimum atomic E-state index is -0.677. The van der Waals surface area contributed by atoms with Crippen molar-refractivity contribution in [1.29, 1.82) is 0 Å². The molecular weight excluding hydrogens is 206 g/mol. The minimum Gasteiger partial charge on any atom is -0.496 e. The summed E-state index contributed by atoms with van der Waals surface area (Å²) in [5.41, 5.74) is 0.184. The summed E-state index contributed by atoms with van der Waals surface area (Å²) >= 11 is 0. The summed E-state index contributed by atoms with van der Waals surface area (Å²) in [5.74, 6) is 0.716. The highest BCUT2D eigenvalue weighted by Gasteiger charge is 2.29. The van der Waals surface area contributed by atoms with Gasteiger partial charge in [0.05, 0.1) is 13.7 Å². The van der Waals surface area contributed by atoms with E-state index in [1.807, 2.05) is 31.2 Å². The lowest BCUT2D eigenvalue weighted by molar-refractivity contribution is 0.00869. The highest BCUT2D eigenvalue weighted by atomic mass is 16.5. The number of isocyanates is 1. The number of hydrogen-bond donors (Lipinski definition) is 0. The highest BCUT2D eigenvalue weighted by Crippen LogP contribution is 2.32. The fourth-order valence-corrected chi connectivity index (χ4v) is 1.52. The van der Waals surface area contributed by atoms with Crippen molar-refractivity contribution in [3.8, 4) is 5.75 Å². The molecule has 1 rings (SSSR count). The molecule has 1 unspecified atom stereocenters. The summed E-state index contributed by atoms with van der Waals surface area (Å²) in [6.45, 7) is 2.07. The first-order chi connectivity index (χ1) is 7.68. The van der Waals surface area contributed by atoms with Gasteiger partial charge in [-0.1, -0.05) is 18.2 Å². The molecule has 86 valence electrons. The van der Waals surface area contributed by atoms with Crippen LogP contribution in [-0.4, -0.2) is 26.8 Å². The molecule has 0 aliphatic heterocycles. The number of methoxy groups -OCH3 is 2. The van der Waals surface area contributed by atoms with Gasteiger partial charge in [0.1, 0.15) is 11.4 Å². The predicted molar refractivity (Wildman–Crippen MR) is 60.3 cm³/mol. The smallest absolute Gasteiger partial charge is 0.235 e. The van der Waals surface area contributed by atoms with E-state index in [-0.39, 0.29) is 6.54 Å². The molecule has 0 aliphatic carbocycles. The fraction of sp³-hybridized carbons (Fsp3) is 0.417. The first kappa shape index (κ1) is 12.4. The van der Waals surface area contributed by atoms with Crippen molar-refractivity contribution in [2.45, 2.75) is 12.5 Å². The Hall–Kier alpha value is -1.64. The number of carbonyl (C=O) groups excluding carboxylic acids is 1. The zero-order chi connectivity index (χ0) is 12.0. The SMILES string of the molecule is COc1ccccc1C(C)(CN=C=O)OC. The van der Waals surface area contributed by atoms with Crippen molar-refractivity contribution >= 4 is 6.08 Å². The van der Waals surface area contributed by atoms with Crippen molar-refractivity contribution in [3.05, 3.63) is 29.8 Å². The third-order valence-electron chi connectivity index (χ3n) is 2.57. The molecule has 16 heavy (non-hydrogen) atoms. The van der Waals surface area contributed by atoms with Crippen LogP contribution in [0.1, 0.15) is 12.5 Å². The predicted octanol–water partition coefficient (Wildman–Crippen LogP) is 1.89. The maximum Gasteiger partial charge on any atom is 0.235 e. The first-order valence-electron chi connectivity index (χ1n) is 4.90. The van der Waals surface area contributed by atoms with Crippen molar-refractivity contribution in [2.75, 3.05) is 20.8 Å². The zero-order valence-corrected chi connectivity index (χ0v) is 9.69. The van der Waals surface area contributed by atoms with Crippen LogP contribution in [0.3, 0.4) is 0 Å². The number of hydrogen-bond acceptors (Lipinski definition) is 4. The Bertz CT molecular complexity index is 399. The molecule has 0 saturated carbocycles. The van der Waals surface area contributed by atoms with Crippen molar-refractivity contribution < 1.29 is 14.3 Å². The molecule has 1 atom stereocenters. The van der Waals surface area contributed by atoms with Crippen LogP contribution >= 0.6 is 0 Å². The van der Waals surface area contributed by atoms with Crippen LogP contribution in [0.2, 0.25) is 0 Å². The number of para-hydroxylation sites is 1. The average Bonchev–Trinajstić information content (AvgIpc) is 2.36. The third-order valence-corrected chi connectivity index (χ3v) is 2.57. The van der Waals surface area contributed by atoms with Crippen LogP contribution in [0.5, 0.6) is 5.75 Å². The van der Waals surface area contributed by atoms with Gasteiger partial charge in [-0.2, -0.15) is 0 Å². The summed E-state index contributed by atoms with van der Waals surface area (Å²) in [4.78, 5) is 13.8. The topological polar surface area (TPSA) is 47.9 Å². The number of aliphatic imine (C=N–C) groups is 1. The van der Waals surface area contributed by atoms with Crippen molar-refractivity contribution in [3.63, 3.8) is 0 Å². The maximum atomic E-state index is 10.2. The summed E-state index contributed by atoms with van der Waals surface area (Å²) in [6.07, 6.45) is 1.52. The molecule has 0 aliphatic rings. The second kappa shape index (κ2) is 5.45. The van der Waals surface area contributed by atoms with E-state index in [2.05, 4.69) is 4.99 Å². The Kier molecular flexibility index (Phi) is 4.23. The second-order valence-electron chi connectivity index (χ2n) is 3.54. The first-order valence-corrected chi connectivity index (χ1v) is 4.90. The Morgan fingerprint density at radius 1 is 1.38 bits per heavy atom. The third kappa shape index (κ3) is 2.48. The van der Waals surface area contributed by atoms with E-state index >= 15 is 0 Å². The maximum absolute atomic E-state index is 10.2.